The number of hydrogen-bond donors (Lipinski definition) is 6. The van der Waals surface area contributed by atoms with Gasteiger partial charge in [0.25, 0.3) is 0 Å². The van der Waals surface area contributed by atoms with Crippen molar-refractivity contribution in [3.8, 4) is 0 Å². The van der Waals surface area contributed by atoms with Crippen molar-refractivity contribution >= 4 is 35.5 Å². The molecule has 10 nitrogen and oxygen atoms in total. The third kappa shape index (κ3) is 8.80. The van der Waals surface area contributed by atoms with E-state index in [1.165, 1.54) is 11.8 Å². The van der Waals surface area contributed by atoms with Crippen LogP contribution in [0.4, 0.5) is 0 Å². The maximum absolute atomic E-state index is 12.7. The lowest BCUT2D eigenvalue weighted by molar-refractivity contribution is -0.142. The number of aliphatic hydroxyl groups excluding tert-OH is 1. The molecule has 1 rings (SSSR count). The number of nitrogens with two attached hydrogens (primary N) is 1. The molecule has 0 fully saturated rings. The molecule has 0 aliphatic carbocycles. The average molecular weight is 441 g/mol. The standard InChI is InChI=1S/C19H28N4O6S/c1-30-8-7-13(22-18(27)15(11-24)21-16(25)10-20)17(26)23-14(19(28)29)9-12-5-3-2-4-6-12/h2-6,13-15,24H,7-11,20H2,1H3,(H,21,25)(H,22,27)(H,23,26)(H,28,29). The van der Waals surface area contributed by atoms with E-state index >= 15 is 0 Å². The number of nitrogens with one attached hydrogen (secondary N) is 3. The van der Waals surface area contributed by atoms with Gasteiger partial charge in [0.15, 0.2) is 0 Å². The van der Waals surface area contributed by atoms with E-state index in [0.29, 0.717) is 5.75 Å². The second-order valence-corrected chi connectivity index (χ2v) is 7.42. The number of carbonyl (C=O) groups excluding carboxylic acids is 3. The van der Waals surface area contributed by atoms with Crippen molar-refractivity contribution in [3.05, 3.63) is 35.9 Å². The number of carboxylic acid groups (broad SMARTS) is 1. The van der Waals surface area contributed by atoms with Gasteiger partial charge in [-0.3, -0.25) is 14.4 Å². The SMILES string of the molecule is CSCCC(NC(=O)C(CO)NC(=O)CN)C(=O)NC(Cc1ccccc1)C(=O)O. The monoisotopic (exact) mass is 440 g/mol. The second-order valence-electron chi connectivity index (χ2n) is 6.44. The van der Waals surface area contributed by atoms with Crippen LogP contribution < -0.4 is 21.7 Å². The van der Waals surface area contributed by atoms with Gasteiger partial charge in [-0.1, -0.05) is 30.3 Å². The molecule has 1 aromatic rings. The van der Waals surface area contributed by atoms with Crippen molar-refractivity contribution < 1.29 is 29.4 Å². The maximum Gasteiger partial charge on any atom is 0.326 e. The van der Waals surface area contributed by atoms with Crippen LogP contribution in [0.15, 0.2) is 30.3 Å². The first-order valence-corrected chi connectivity index (χ1v) is 10.7. The summed E-state index contributed by atoms with van der Waals surface area (Å²) in [7, 11) is 0. The van der Waals surface area contributed by atoms with Gasteiger partial charge in [0, 0.05) is 6.42 Å². The number of hydrogen-bond acceptors (Lipinski definition) is 7. The Labute approximate surface area is 179 Å². The van der Waals surface area contributed by atoms with Crippen molar-refractivity contribution in [1.29, 1.82) is 0 Å². The minimum atomic E-state index is -1.27. The normalized spacial score (nSPS) is 13.6. The Bertz CT molecular complexity index is 718. The van der Waals surface area contributed by atoms with Crippen LogP contribution >= 0.6 is 11.8 Å². The molecule has 166 valence electrons. The highest BCUT2D eigenvalue weighted by Crippen LogP contribution is 2.06. The zero-order valence-electron chi connectivity index (χ0n) is 16.7. The lowest BCUT2D eigenvalue weighted by atomic mass is 10.1. The summed E-state index contributed by atoms with van der Waals surface area (Å²) in [5, 5.41) is 26.0. The van der Waals surface area contributed by atoms with E-state index in [4.69, 9.17) is 5.73 Å². The van der Waals surface area contributed by atoms with E-state index in [1.807, 2.05) is 6.26 Å². The van der Waals surface area contributed by atoms with Crippen molar-refractivity contribution in [2.75, 3.05) is 25.2 Å². The largest absolute Gasteiger partial charge is 0.480 e. The molecule has 0 heterocycles. The molecule has 0 bridgehead atoms. The molecular weight excluding hydrogens is 412 g/mol. The van der Waals surface area contributed by atoms with Crippen LogP contribution in [0.25, 0.3) is 0 Å². The van der Waals surface area contributed by atoms with Gasteiger partial charge in [0.05, 0.1) is 13.2 Å². The Morgan fingerprint density at radius 3 is 2.13 bits per heavy atom. The lowest BCUT2D eigenvalue weighted by Crippen LogP contribution is -2.57. The summed E-state index contributed by atoms with van der Waals surface area (Å²) >= 11 is 1.45. The maximum atomic E-state index is 12.7. The van der Waals surface area contributed by atoms with Gasteiger partial charge in [0.1, 0.15) is 18.1 Å². The fourth-order valence-electron chi connectivity index (χ4n) is 2.55. The molecule has 0 saturated carbocycles. The van der Waals surface area contributed by atoms with Gasteiger partial charge in [-0.2, -0.15) is 11.8 Å². The molecule has 0 aliphatic heterocycles. The third-order valence-electron chi connectivity index (χ3n) is 4.16. The number of aliphatic hydroxyl groups is 1. The number of rotatable bonds is 13. The van der Waals surface area contributed by atoms with Crippen LogP contribution in [-0.4, -0.2) is 77.2 Å². The molecule has 0 saturated heterocycles. The molecule has 1 aromatic carbocycles. The van der Waals surface area contributed by atoms with E-state index in [0.717, 1.165) is 5.56 Å². The minimum Gasteiger partial charge on any atom is -0.480 e. The fourth-order valence-corrected chi connectivity index (χ4v) is 3.02. The number of aliphatic carboxylic acids is 1. The number of thioether (sulfide) groups is 1. The predicted molar refractivity (Wildman–Crippen MR) is 113 cm³/mol. The molecule has 30 heavy (non-hydrogen) atoms. The van der Waals surface area contributed by atoms with E-state index in [-0.39, 0.29) is 19.4 Å². The van der Waals surface area contributed by atoms with E-state index in [1.54, 1.807) is 30.3 Å². The predicted octanol–water partition coefficient (Wildman–Crippen LogP) is -1.53. The topological polar surface area (TPSA) is 171 Å². The molecule has 0 radical (unpaired) electrons. The lowest BCUT2D eigenvalue weighted by Gasteiger charge is -2.23. The Morgan fingerprint density at radius 1 is 1.00 bits per heavy atom. The summed E-state index contributed by atoms with van der Waals surface area (Å²) < 4.78 is 0. The summed E-state index contributed by atoms with van der Waals surface area (Å²) in [6.45, 7) is -1.04. The van der Waals surface area contributed by atoms with E-state index in [9.17, 15) is 29.4 Å². The second kappa shape index (κ2) is 13.6. The fraction of sp³-hybridized carbons (Fsp3) is 0.474. The average Bonchev–Trinajstić information content (AvgIpc) is 2.74. The highest BCUT2D eigenvalue weighted by molar-refractivity contribution is 7.98. The van der Waals surface area contributed by atoms with Crippen LogP contribution in [0.2, 0.25) is 0 Å². The molecule has 0 aromatic heterocycles. The van der Waals surface area contributed by atoms with Gasteiger partial charge in [-0.05, 0) is 24.0 Å². The number of carboxylic acids is 1. The van der Waals surface area contributed by atoms with Crippen LogP contribution in [0.5, 0.6) is 0 Å². The van der Waals surface area contributed by atoms with Gasteiger partial charge in [0.2, 0.25) is 17.7 Å². The minimum absolute atomic E-state index is 0.0803. The molecule has 0 spiro atoms. The number of amides is 3. The van der Waals surface area contributed by atoms with E-state index < -0.39 is 48.4 Å². The molecule has 3 unspecified atom stereocenters. The Kier molecular flexibility index (Phi) is 11.5. The highest BCUT2D eigenvalue weighted by Gasteiger charge is 2.29. The van der Waals surface area contributed by atoms with Crippen LogP contribution in [0, 0.1) is 0 Å². The van der Waals surface area contributed by atoms with Crippen LogP contribution in [0.3, 0.4) is 0 Å². The third-order valence-corrected chi connectivity index (χ3v) is 4.80. The summed E-state index contributed by atoms with van der Waals surface area (Å²) in [5.41, 5.74) is 5.92. The van der Waals surface area contributed by atoms with Crippen molar-refractivity contribution in [3.63, 3.8) is 0 Å². The molecule has 7 N–H and O–H groups in total. The van der Waals surface area contributed by atoms with E-state index in [2.05, 4.69) is 16.0 Å². The van der Waals surface area contributed by atoms with Gasteiger partial charge >= 0.3 is 5.97 Å². The van der Waals surface area contributed by atoms with Crippen molar-refractivity contribution in [2.45, 2.75) is 31.0 Å². The molecule has 11 heteroatoms. The Morgan fingerprint density at radius 2 is 1.60 bits per heavy atom. The number of carbonyl (C=O) groups is 4. The van der Waals surface area contributed by atoms with Gasteiger partial charge < -0.3 is 31.9 Å². The van der Waals surface area contributed by atoms with Gasteiger partial charge in [-0.15, -0.1) is 0 Å². The molecule has 3 amide bonds. The zero-order valence-corrected chi connectivity index (χ0v) is 17.5. The first-order chi connectivity index (χ1) is 14.3. The quantitative estimate of drug-likeness (QED) is 0.214. The van der Waals surface area contributed by atoms with Crippen LogP contribution in [0.1, 0.15) is 12.0 Å². The molecule has 0 aliphatic rings. The molecular formula is C19H28N4O6S. The number of benzene rings is 1. The van der Waals surface area contributed by atoms with Gasteiger partial charge in [-0.25, -0.2) is 4.79 Å². The smallest absolute Gasteiger partial charge is 0.326 e. The zero-order chi connectivity index (χ0) is 22.5. The van der Waals surface area contributed by atoms with Crippen molar-refractivity contribution in [2.24, 2.45) is 5.73 Å². The molecule has 3 atom stereocenters. The summed E-state index contributed by atoms with van der Waals surface area (Å²) in [5.74, 6) is -2.75. The highest BCUT2D eigenvalue weighted by atomic mass is 32.2. The first kappa shape index (κ1) is 25.4. The Hall–Kier alpha value is -2.63. The van der Waals surface area contributed by atoms with Crippen molar-refractivity contribution in [1.82, 2.24) is 16.0 Å². The summed E-state index contributed by atoms with van der Waals surface area (Å²) in [6, 6.07) is 5.34. The summed E-state index contributed by atoms with van der Waals surface area (Å²) in [6.07, 6.45) is 2.14. The first-order valence-electron chi connectivity index (χ1n) is 9.29. The van der Waals surface area contributed by atoms with Crippen LogP contribution in [-0.2, 0) is 25.6 Å². The summed E-state index contributed by atoms with van der Waals surface area (Å²) in [4.78, 5) is 48.1. The Balaban J connectivity index is 2.86.